The van der Waals surface area contributed by atoms with Gasteiger partial charge in [-0.1, -0.05) is 66.7 Å². The average Bonchev–Trinajstić information content (AvgIpc) is 3.79. The van der Waals surface area contributed by atoms with Crippen molar-refractivity contribution >= 4 is 29.5 Å². The zero-order valence-corrected chi connectivity index (χ0v) is 31.6. The van der Waals surface area contributed by atoms with Crippen molar-refractivity contribution in [2.45, 2.75) is 168 Å². The van der Waals surface area contributed by atoms with Gasteiger partial charge in [0.1, 0.15) is 6.04 Å². The molecule has 2 saturated carbocycles. The molecule has 50 heavy (non-hydrogen) atoms. The Balaban J connectivity index is 1.40. The summed E-state index contributed by atoms with van der Waals surface area (Å²) in [5.74, 6) is -0.910. The van der Waals surface area contributed by atoms with Crippen molar-refractivity contribution in [1.29, 1.82) is 0 Å². The van der Waals surface area contributed by atoms with Gasteiger partial charge < -0.3 is 30.5 Å². The molecule has 4 N–H and O–H groups in total. The van der Waals surface area contributed by atoms with E-state index in [-0.39, 0.29) is 53.5 Å². The lowest BCUT2D eigenvalue weighted by Crippen LogP contribution is -2.62. The molecule has 0 spiro atoms. The first-order valence-corrected chi connectivity index (χ1v) is 19.7. The normalized spacial score (nSPS) is 22.8. The minimum Gasteiger partial charge on any atom is -0.364 e. The van der Waals surface area contributed by atoms with Gasteiger partial charge in [-0.2, -0.15) is 0 Å². The summed E-state index contributed by atoms with van der Waals surface area (Å²) in [6.07, 6.45) is 13.9. The third-order valence-electron chi connectivity index (χ3n) is 11.6. The van der Waals surface area contributed by atoms with Crippen LogP contribution < -0.4 is 21.3 Å². The average molecular weight is 703 g/mol. The topological polar surface area (TPSA) is 149 Å². The zero-order chi connectivity index (χ0) is 36.3. The Bertz CT molecular complexity index is 1160. The van der Waals surface area contributed by atoms with E-state index in [2.05, 4.69) is 55.9 Å². The molecule has 2 aliphatic heterocycles. The van der Waals surface area contributed by atoms with Crippen LogP contribution in [0.15, 0.2) is 0 Å². The number of nitrogens with one attached hydrogen (secondary N) is 4. The van der Waals surface area contributed by atoms with Gasteiger partial charge in [-0.05, 0) is 75.0 Å². The highest BCUT2D eigenvalue weighted by Crippen LogP contribution is 2.43. The van der Waals surface area contributed by atoms with E-state index in [1.807, 2.05) is 9.80 Å². The van der Waals surface area contributed by atoms with Crippen molar-refractivity contribution in [2.24, 2.45) is 10.8 Å². The van der Waals surface area contributed by atoms with Crippen LogP contribution in [0.25, 0.3) is 0 Å². The lowest BCUT2D eigenvalue weighted by Gasteiger charge is -2.45. The summed E-state index contributed by atoms with van der Waals surface area (Å²) in [6.45, 7) is 12.5. The molecule has 2 saturated heterocycles. The number of carbonyl (C=O) groups is 5. The van der Waals surface area contributed by atoms with Crippen molar-refractivity contribution in [1.82, 2.24) is 31.1 Å². The van der Waals surface area contributed by atoms with Gasteiger partial charge in [-0.3, -0.25) is 24.5 Å². The second-order valence-electron chi connectivity index (χ2n) is 16.4. The fourth-order valence-corrected chi connectivity index (χ4v) is 7.92. The summed E-state index contributed by atoms with van der Waals surface area (Å²) >= 11 is 0. The second kappa shape index (κ2) is 18.7. The van der Waals surface area contributed by atoms with E-state index in [4.69, 9.17) is 4.74 Å². The van der Waals surface area contributed by atoms with E-state index in [0.717, 1.165) is 89.9 Å². The zero-order valence-electron chi connectivity index (χ0n) is 31.6. The number of rotatable bonds is 18. The molecule has 2 heterocycles. The molecule has 0 aromatic carbocycles. The second-order valence-corrected chi connectivity index (χ2v) is 16.4. The van der Waals surface area contributed by atoms with Crippen LogP contribution in [-0.2, 0) is 23.9 Å². The largest absolute Gasteiger partial charge is 0.364 e. The molecular formula is C38H66N6O6. The van der Waals surface area contributed by atoms with Crippen LogP contribution in [0, 0.1) is 10.8 Å². The SMILES string of the molecule is CCCCC(NCOC[C@@H]1CCCN1C(=O)[C@@H](NC(=O)N[C@H](CN1CCCCC1=O)C(C)(C)C)C1(CC)CCCCC1)C(=O)C(=O)NC1CC1. The number of hydrogen-bond donors (Lipinski definition) is 4. The van der Waals surface area contributed by atoms with Crippen LogP contribution in [0.2, 0.25) is 0 Å². The summed E-state index contributed by atoms with van der Waals surface area (Å²) in [4.78, 5) is 70.2. The quantitative estimate of drug-likeness (QED) is 0.0940. The molecule has 4 rings (SSSR count). The van der Waals surface area contributed by atoms with E-state index < -0.39 is 23.8 Å². The maximum Gasteiger partial charge on any atom is 0.315 e. The summed E-state index contributed by atoms with van der Waals surface area (Å²) in [7, 11) is 0. The molecule has 12 nitrogen and oxygen atoms in total. The lowest BCUT2D eigenvalue weighted by atomic mass is 9.67. The maximum atomic E-state index is 14.6. The number of ketones is 1. The predicted molar refractivity (Wildman–Crippen MR) is 193 cm³/mol. The van der Waals surface area contributed by atoms with E-state index in [0.29, 0.717) is 39.1 Å². The molecule has 0 radical (unpaired) electrons. The molecule has 2 aliphatic carbocycles. The molecule has 0 aromatic heterocycles. The standard InChI is InChI=1S/C38H66N6O6/c1-6-8-16-29(32(46)34(47)40-27-18-19-27)39-26-50-25-28-15-14-23-44(28)35(48)33(38(7-2)20-11-9-12-21-38)42-36(49)41-30(37(3,4)5)24-43-22-13-10-17-31(43)45/h27-30,33,39H,6-26H2,1-5H3,(H,40,47)(H2,41,42,49)/t28-,29?,30+,33+/m0/s1. The number of hydrogen-bond acceptors (Lipinski definition) is 7. The van der Waals surface area contributed by atoms with Gasteiger partial charge in [-0.15, -0.1) is 0 Å². The molecule has 0 bridgehead atoms. The van der Waals surface area contributed by atoms with E-state index in [1.54, 1.807) is 0 Å². The Morgan fingerprint density at radius 2 is 1.68 bits per heavy atom. The van der Waals surface area contributed by atoms with Gasteiger partial charge in [0.25, 0.3) is 5.91 Å². The lowest BCUT2D eigenvalue weighted by molar-refractivity contribution is -0.140. The molecule has 0 aromatic rings. The molecule has 284 valence electrons. The summed E-state index contributed by atoms with van der Waals surface area (Å²) in [5, 5.41) is 12.3. The number of amides is 5. The van der Waals surface area contributed by atoms with Crippen LogP contribution in [0.1, 0.15) is 137 Å². The van der Waals surface area contributed by atoms with Gasteiger partial charge >= 0.3 is 6.03 Å². The molecule has 12 heteroatoms. The fourth-order valence-electron chi connectivity index (χ4n) is 7.92. The minimum absolute atomic E-state index is 0.0609. The van der Waals surface area contributed by atoms with Crippen molar-refractivity contribution in [3.05, 3.63) is 0 Å². The summed E-state index contributed by atoms with van der Waals surface area (Å²) in [6, 6.07) is -1.96. The number of likely N-dealkylation sites (tertiary alicyclic amines) is 2. The molecular weight excluding hydrogens is 636 g/mol. The first-order chi connectivity index (χ1) is 23.9. The predicted octanol–water partition coefficient (Wildman–Crippen LogP) is 4.40. The molecule has 4 aliphatic rings. The third-order valence-corrected chi connectivity index (χ3v) is 11.6. The van der Waals surface area contributed by atoms with E-state index in [1.165, 1.54) is 0 Å². The number of piperidine rings is 1. The molecule has 4 fully saturated rings. The van der Waals surface area contributed by atoms with Crippen molar-refractivity contribution in [3.63, 3.8) is 0 Å². The van der Waals surface area contributed by atoms with Gasteiger partial charge in [-0.25, -0.2) is 4.79 Å². The van der Waals surface area contributed by atoms with Gasteiger partial charge in [0.15, 0.2) is 0 Å². The molecule has 1 unspecified atom stereocenters. The number of urea groups is 1. The number of unbranched alkanes of at least 4 members (excludes halogenated alkanes) is 1. The highest BCUT2D eigenvalue weighted by atomic mass is 16.5. The number of carbonyl (C=O) groups excluding carboxylic acids is 5. The summed E-state index contributed by atoms with van der Waals surface area (Å²) < 4.78 is 6.04. The Morgan fingerprint density at radius 3 is 2.32 bits per heavy atom. The van der Waals surface area contributed by atoms with Crippen molar-refractivity contribution in [3.8, 4) is 0 Å². The maximum absolute atomic E-state index is 14.6. The first-order valence-electron chi connectivity index (χ1n) is 19.7. The van der Waals surface area contributed by atoms with Crippen LogP contribution in [0.4, 0.5) is 4.79 Å². The van der Waals surface area contributed by atoms with Crippen molar-refractivity contribution in [2.75, 3.05) is 33.0 Å². The fraction of sp³-hybridized carbons (Fsp3) is 0.868. The number of Topliss-reactive ketones (excluding diaryl/α,β-unsaturated/α-hetero) is 1. The molecule has 5 amide bonds. The van der Waals surface area contributed by atoms with Crippen LogP contribution >= 0.6 is 0 Å². The smallest absolute Gasteiger partial charge is 0.315 e. The van der Waals surface area contributed by atoms with Crippen LogP contribution in [0.5, 0.6) is 0 Å². The minimum atomic E-state index is -0.676. The Hall–Kier alpha value is -2.73. The van der Waals surface area contributed by atoms with E-state index in [9.17, 15) is 24.0 Å². The highest BCUT2D eigenvalue weighted by molar-refractivity contribution is 6.38. The van der Waals surface area contributed by atoms with Gasteiger partial charge in [0, 0.05) is 32.1 Å². The van der Waals surface area contributed by atoms with Crippen LogP contribution in [0.3, 0.4) is 0 Å². The van der Waals surface area contributed by atoms with Gasteiger partial charge in [0.2, 0.25) is 17.6 Å². The third kappa shape index (κ3) is 11.1. The number of nitrogens with zero attached hydrogens (tertiary/aromatic N) is 2. The monoisotopic (exact) mass is 703 g/mol. The highest BCUT2D eigenvalue weighted by Gasteiger charge is 2.47. The Labute approximate surface area is 300 Å². The summed E-state index contributed by atoms with van der Waals surface area (Å²) in [5.41, 5.74) is -0.634. The van der Waals surface area contributed by atoms with Crippen LogP contribution in [-0.4, -0.2) is 103 Å². The number of ether oxygens (including phenoxy) is 1. The van der Waals surface area contributed by atoms with Crippen molar-refractivity contribution < 1.29 is 28.7 Å². The van der Waals surface area contributed by atoms with Gasteiger partial charge in [0.05, 0.1) is 31.5 Å². The van der Waals surface area contributed by atoms with E-state index >= 15 is 0 Å². The first kappa shape index (κ1) is 40.0. The molecule has 4 atom stereocenters. The Morgan fingerprint density at radius 1 is 0.940 bits per heavy atom. The Kier molecular flexibility index (Phi) is 15.0.